The predicted octanol–water partition coefficient (Wildman–Crippen LogP) is 3.41. The van der Waals surface area contributed by atoms with Crippen LogP contribution >= 0.6 is 0 Å². The van der Waals surface area contributed by atoms with Crippen molar-refractivity contribution in [3.05, 3.63) is 47.7 Å². The van der Waals surface area contributed by atoms with Crippen molar-refractivity contribution in [2.45, 2.75) is 95.8 Å². The number of aromatic amines is 1. The highest BCUT2D eigenvalue weighted by Crippen LogP contribution is 2.67. The van der Waals surface area contributed by atoms with E-state index in [0.717, 1.165) is 34.9 Å². The number of aliphatic hydroxyl groups excluding tert-OH is 1. The molecule has 4 aliphatic rings. The molecule has 1 amide bonds. The van der Waals surface area contributed by atoms with Gasteiger partial charge in [-0.2, -0.15) is 0 Å². The molecule has 1 aromatic heterocycles. The standard InChI is InChI=1S/C36H44N2O9/c1-34-13-11-22(39)16-21(34)7-8-24-25-12-14-36(46,35(25,2)17-28(40)32(24)34)29(41)19-47-31(43)10-9-30(42)38-27(33(44)45)15-20-18-37-26-6-4-3-5-23(20)26/h3-6,16,18,24-25,27-28,32,37,40,46H,7-15,17,19H2,1-2H3,(H,38,42)(H,44,45)/t24-,25-,27-,28+,32+,34-,35-,36-/m0/s1. The Morgan fingerprint density at radius 3 is 2.62 bits per heavy atom. The number of ether oxygens (including phenoxy) is 1. The molecule has 0 saturated heterocycles. The van der Waals surface area contributed by atoms with E-state index in [-0.39, 0.29) is 61.1 Å². The second-order valence-electron chi connectivity index (χ2n) is 14.6. The van der Waals surface area contributed by atoms with Crippen molar-refractivity contribution < 1.29 is 44.0 Å². The summed E-state index contributed by atoms with van der Waals surface area (Å²) in [5.41, 5.74) is -0.282. The lowest BCUT2D eigenvalue weighted by Crippen LogP contribution is -2.62. The number of nitrogens with one attached hydrogen (secondary N) is 2. The summed E-state index contributed by atoms with van der Waals surface area (Å²) in [5.74, 6) is -3.12. The Balaban J connectivity index is 1.03. The van der Waals surface area contributed by atoms with E-state index < -0.39 is 53.4 Å². The summed E-state index contributed by atoms with van der Waals surface area (Å²) in [6.07, 6.45) is 5.80. The van der Waals surface area contributed by atoms with Gasteiger partial charge in [-0.25, -0.2) is 4.79 Å². The maximum Gasteiger partial charge on any atom is 0.326 e. The number of aromatic nitrogens is 1. The molecule has 5 N–H and O–H groups in total. The Kier molecular flexibility index (Phi) is 8.67. The lowest BCUT2D eigenvalue weighted by atomic mass is 9.45. The molecule has 0 radical (unpaired) electrons. The van der Waals surface area contributed by atoms with Crippen LogP contribution in [0.15, 0.2) is 42.1 Å². The van der Waals surface area contributed by atoms with E-state index in [1.165, 1.54) is 0 Å². The number of aliphatic carboxylic acids is 1. The molecule has 11 nitrogen and oxygen atoms in total. The van der Waals surface area contributed by atoms with Gasteiger partial charge >= 0.3 is 11.9 Å². The quantitative estimate of drug-likeness (QED) is 0.241. The molecule has 0 aliphatic heterocycles. The lowest BCUT2D eigenvalue weighted by Gasteiger charge is -2.60. The van der Waals surface area contributed by atoms with Gasteiger partial charge in [0.1, 0.15) is 11.6 Å². The van der Waals surface area contributed by atoms with Gasteiger partial charge in [0.15, 0.2) is 12.4 Å². The molecule has 0 unspecified atom stereocenters. The van der Waals surface area contributed by atoms with E-state index in [1.807, 2.05) is 31.2 Å². The first-order valence-electron chi connectivity index (χ1n) is 16.7. The Labute approximate surface area is 273 Å². The van der Waals surface area contributed by atoms with Crippen molar-refractivity contribution in [2.75, 3.05) is 6.61 Å². The number of hydrogen-bond acceptors (Lipinski definition) is 8. The van der Waals surface area contributed by atoms with Gasteiger partial charge in [0, 0.05) is 41.8 Å². The monoisotopic (exact) mass is 648 g/mol. The van der Waals surface area contributed by atoms with Crippen LogP contribution in [0, 0.1) is 28.6 Å². The number of benzene rings is 1. The summed E-state index contributed by atoms with van der Waals surface area (Å²) < 4.78 is 5.22. The Morgan fingerprint density at radius 2 is 1.85 bits per heavy atom. The molecule has 6 rings (SSSR count). The minimum atomic E-state index is -1.78. The number of allylic oxidation sites excluding steroid dienone is 1. The van der Waals surface area contributed by atoms with Crippen LogP contribution in [0.4, 0.5) is 0 Å². The smallest absolute Gasteiger partial charge is 0.326 e. The van der Waals surface area contributed by atoms with Crippen LogP contribution < -0.4 is 5.32 Å². The number of H-pyrrole nitrogens is 1. The molecule has 0 spiro atoms. The average molecular weight is 649 g/mol. The number of para-hydroxylation sites is 1. The summed E-state index contributed by atoms with van der Waals surface area (Å²) in [6, 6.07) is 6.22. The lowest BCUT2D eigenvalue weighted by molar-refractivity contribution is -0.184. The zero-order chi connectivity index (χ0) is 33.7. The van der Waals surface area contributed by atoms with Gasteiger partial charge in [0.25, 0.3) is 0 Å². The number of carboxylic acid groups (broad SMARTS) is 1. The van der Waals surface area contributed by atoms with E-state index in [2.05, 4.69) is 17.2 Å². The molecule has 1 heterocycles. The molecular weight excluding hydrogens is 604 g/mol. The third-order valence-corrected chi connectivity index (χ3v) is 12.2. The van der Waals surface area contributed by atoms with Crippen molar-refractivity contribution in [2.24, 2.45) is 28.6 Å². The molecule has 3 fully saturated rings. The number of carbonyl (C=O) groups excluding carboxylic acids is 4. The summed E-state index contributed by atoms with van der Waals surface area (Å²) >= 11 is 0. The molecule has 3 saturated carbocycles. The second-order valence-corrected chi connectivity index (χ2v) is 14.6. The zero-order valence-electron chi connectivity index (χ0n) is 26.9. The van der Waals surface area contributed by atoms with E-state index >= 15 is 0 Å². The van der Waals surface area contributed by atoms with Gasteiger partial charge in [-0.15, -0.1) is 0 Å². The van der Waals surface area contributed by atoms with Crippen LogP contribution in [-0.2, 0) is 35.1 Å². The van der Waals surface area contributed by atoms with Gasteiger partial charge in [-0.1, -0.05) is 37.6 Å². The van der Waals surface area contributed by atoms with E-state index in [0.29, 0.717) is 19.3 Å². The number of Topliss-reactive ketones (excluding diaryl/α,β-unsaturated/α-hetero) is 1. The summed E-state index contributed by atoms with van der Waals surface area (Å²) in [6.45, 7) is 3.35. The number of rotatable bonds is 10. The first kappa shape index (κ1) is 33.1. The Hall–Kier alpha value is -3.83. The number of ketones is 2. The Bertz CT molecular complexity index is 1650. The molecule has 47 heavy (non-hydrogen) atoms. The fraction of sp³-hybridized carbons (Fsp3) is 0.583. The molecular formula is C36H44N2O9. The number of esters is 1. The molecule has 252 valence electrons. The molecule has 11 heteroatoms. The highest BCUT2D eigenvalue weighted by molar-refractivity contribution is 5.92. The normalized spacial score (nSPS) is 33.6. The number of carbonyl (C=O) groups is 5. The number of aliphatic hydroxyl groups is 2. The topological polar surface area (TPSA) is 183 Å². The summed E-state index contributed by atoms with van der Waals surface area (Å²) in [4.78, 5) is 65.8. The number of fused-ring (bicyclic) bond motifs is 6. The second kappa shape index (κ2) is 12.3. The number of hydrogen-bond donors (Lipinski definition) is 5. The minimum absolute atomic E-state index is 0.00770. The van der Waals surface area contributed by atoms with Gasteiger partial charge in [-0.05, 0) is 79.4 Å². The van der Waals surface area contributed by atoms with Crippen molar-refractivity contribution in [3.8, 4) is 0 Å². The predicted molar refractivity (Wildman–Crippen MR) is 170 cm³/mol. The maximum atomic E-state index is 13.5. The van der Waals surface area contributed by atoms with Crippen LogP contribution in [0.5, 0.6) is 0 Å². The molecule has 2 aromatic rings. The molecule has 8 atom stereocenters. The van der Waals surface area contributed by atoms with Crippen LogP contribution in [0.1, 0.15) is 77.2 Å². The minimum Gasteiger partial charge on any atom is -0.480 e. The Morgan fingerprint density at radius 1 is 1.09 bits per heavy atom. The largest absolute Gasteiger partial charge is 0.480 e. The summed E-state index contributed by atoms with van der Waals surface area (Å²) in [7, 11) is 0. The van der Waals surface area contributed by atoms with Crippen LogP contribution in [-0.4, -0.2) is 74.1 Å². The van der Waals surface area contributed by atoms with Gasteiger partial charge in [0.05, 0.1) is 12.5 Å². The molecule has 0 bridgehead atoms. The van der Waals surface area contributed by atoms with Crippen molar-refractivity contribution in [3.63, 3.8) is 0 Å². The van der Waals surface area contributed by atoms with Crippen LogP contribution in [0.2, 0.25) is 0 Å². The van der Waals surface area contributed by atoms with Crippen LogP contribution in [0.25, 0.3) is 10.9 Å². The molecule has 4 aliphatic carbocycles. The van der Waals surface area contributed by atoms with E-state index in [1.54, 1.807) is 12.3 Å². The van der Waals surface area contributed by atoms with Gasteiger partial charge in [-0.3, -0.25) is 19.2 Å². The number of amides is 1. The fourth-order valence-corrected chi connectivity index (χ4v) is 9.69. The van der Waals surface area contributed by atoms with E-state index in [9.17, 15) is 39.3 Å². The average Bonchev–Trinajstić information content (AvgIpc) is 3.56. The van der Waals surface area contributed by atoms with Crippen molar-refractivity contribution in [1.82, 2.24) is 10.3 Å². The van der Waals surface area contributed by atoms with Gasteiger partial charge < -0.3 is 30.4 Å². The summed E-state index contributed by atoms with van der Waals surface area (Å²) in [5, 5.41) is 36.5. The van der Waals surface area contributed by atoms with E-state index in [4.69, 9.17) is 4.74 Å². The van der Waals surface area contributed by atoms with Crippen LogP contribution in [0.3, 0.4) is 0 Å². The third-order valence-electron chi connectivity index (χ3n) is 12.2. The van der Waals surface area contributed by atoms with Crippen molar-refractivity contribution >= 4 is 40.3 Å². The molecule has 1 aromatic carbocycles. The number of carboxylic acids is 1. The third kappa shape index (κ3) is 5.71. The fourth-order valence-electron chi connectivity index (χ4n) is 9.69. The first-order valence-corrected chi connectivity index (χ1v) is 16.7. The van der Waals surface area contributed by atoms with Crippen molar-refractivity contribution in [1.29, 1.82) is 0 Å². The maximum absolute atomic E-state index is 13.5. The first-order chi connectivity index (χ1) is 22.3. The van der Waals surface area contributed by atoms with Gasteiger partial charge in [0.2, 0.25) is 11.7 Å². The zero-order valence-corrected chi connectivity index (χ0v) is 26.9. The highest BCUT2D eigenvalue weighted by Gasteiger charge is 2.68. The highest BCUT2D eigenvalue weighted by atomic mass is 16.5. The SMILES string of the molecule is C[C@]12CCC(=O)C=C1CC[C@@H]1[C@@H]2[C@H](O)C[C@@]2(C)[C@H]1CC[C@]2(O)C(=O)COC(=O)CCC(=O)N[C@@H](Cc1c[nH]c2ccccc12)C(=O)O.